The van der Waals surface area contributed by atoms with E-state index in [9.17, 15) is 5.11 Å². The van der Waals surface area contributed by atoms with E-state index in [0.29, 0.717) is 5.92 Å². The van der Waals surface area contributed by atoms with Crippen LogP contribution in [0.3, 0.4) is 0 Å². The lowest BCUT2D eigenvalue weighted by atomic mass is 9.93. The van der Waals surface area contributed by atoms with Crippen LogP contribution in [0.15, 0.2) is 5.16 Å². The highest BCUT2D eigenvalue weighted by Crippen LogP contribution is 2.17. The van der Waals surface area contributed by atoms with Crippen molar-refractivity contribution in [3.63, 3.8) is 0 Å². The zero-order chi connectivity index (χ0) is 10.6. The number of nitrogens with zero attached hydrogens (tertiary/aromatic N) is 2. The molecule has 1 heterocycles. The summed E-state index contributed by atoms with van der Waals surface area (Å²) >= 11 is 0. The molecule has 0 aromatic heterocycles. The van der Waals surface area contributed by atoms with Gasteiger partial charge in [-0.15, -0.1) is 0 Å². The maximum absolute atomic E-state index is 9.27. The fourth-order valence-electron chi connectivity index (χ4n) is 2.02. The minimum absolute atomic E-state index is 0.278. The molecular formula is C10H20N2O2. The second-order valence-corrected chi connectivity index (χ2v) is 4.06. The van der Waals surface area contributed by atoms with Crippen LogP contribution in [0.5, 0.6) is 0 Å². The number of hydrogen-bond acceptors (Lipinski definition) is 4. The standard InChI is InChI=1S/C10H20N2O2/c1-3-9-7-12(6-8(2)13)5-4-10(9)11-14/h8-9,13-14H,3-7H2,1-2H3. The molecular weight excluding hydrogens is 180 g/mol. The van der Waals surface area contributed by atoms with Gasteiger partial charge in [0.05, 0.1) is 11.8 Å². The number of β-amino-alcohol motifs (C(OH)–C–C–N with tert-alkyl or cyclic N) is 1. The van der Waals surface area contributed by atoms with Crippen molar-refractivity contribution in [3.05, 3.63) is 0 Å². The Morgan fingerprint density at radius 2 is 2.36 bits per heavy atom. The Kier molecular flexibility index (Phi) is 4.35. The monoisotopic (exact) mass is 200 g/mol. The van der Waals surface area contributed by atoms with E-state index in [2.05, 4.69) is 17.0 Å². The van der Waals surface area contributed by atoms with Gasteiger partial charge < -0.3 is 10.3 Å². The van der Waals surface area contributed by atoms with Crippen LogP contribution in [-0.4, -0.2) is 46.7 Å². The minimum atomic E-state index is -0.278. The molecule has 0 spiro atoms. The molecule has 0 amide bonds. The van der Waals surface area contributed by atoms with Gasteiger partial charge in [-0.1, -0.05) is 12.1 Å². The molecule has 2 N–H and O–H groups in total. The molecule has 2 atom stereocenters. The number of aliphatic hydroxyl groups excluding tert-OH is 1. The van der Waals surface area contributed by atoms with Crippen LogP contribution in [0.1, 0.15) is 26.7 Å². The molecule has 1 saturated heterocycles. The predicted molar refractivity (Wildman–Crippen MR) is 55.7 cm³/mol. The maximum atomic E-state index is 9.27. The lowest BCUT2D eigenvalue weighted by Crippen LogP contribution is -2.43. The SMILES string of the molecule is CCC1CN(CC(C)O)CCC1=NO. The summed E-state index contributed by atoms with van der Waals surface area (Å²) in [6, 6.07) is 0. The summed E-state index contributed by atoms with van der Waals surface area (Å²) in [5.41, 5.74) is 0.911. The van der Waals surface area contributed by atoms with Crippen molar-refractivity contribution in [1.82, 2.24) is 4.90 Å². The molecule has 2 unspecified atom stereocenters. The summed E-state index contributed by atoms with van der Waals surface area (Å²) in [6.07, 6.45) is 1.54. The van der Waals surface area contributed by atoms with Crippen LogP contribution in [0.2, 0.25) is 0 Å². The van der Waals surface area contributed by atoms with E-state index in [1.165, 1.54) is 0 Å². The Balaban J connectivity index is 2.48. The Bertz CT molecular complexity index is 204. The van der Waals surface area contributed by atoms with Crippen molar-refractivity contribution in [2.75, 3.05) is 19.6 Å². The zero-order valence-corrected chi connectivity index (χ0v) is 8.98. The summed E-state index contributed by atoms with van der Waals surface area (Å²) in [4.78, 5) is 2.23. The number of piperidine rings is 1. The van der Waals surface area contributed by atoms with Gasteiger partial charge >= 0.3 is 0 Å². The lowest BCUT2D eigenvalue weighted by molar-refractivity contribution is 0.115. The summed E-state index contributed by atoms with van der Waals surface area (Å²) < 4.78 is 0. The van der Waals surface area contributed by atoms with Crippen LogP contribution in [0, 0.1) is 5.92 Å². The normalized spacial score (nSPS) is 29.4. The highest BCUT2D eigenvalue weighted by Gasteiger charge is 2.24. The first-order valence-corrected chi connectivity index (χ1v) is 5.28. The van der Waals surface area contributed by atoms with Gasteiger partial charge in [0.15, 0.2) is 0 Å². The van der Waals surface area contributed by atoms with E-state index in [-0.39, 0.29) is 6.10 Å². The molecule has 0 radical (unpaired) electrons. The second kappa shape index (κ2) is 5.32. The molecule has 0 bridgehead atoms. The van der Waals surface area contributed by atoms with Crippen LogP contribution in [0.4, 0.5) is 0 Å². The third kappa shape index (κ3) is 2.96. The highest BCUT2D eigenvalue weighted by molar-refractivity contribution is 5.87. The summed E-state index contributed by atoms with van der Waals surface area (Å²) in [6.45, 7) is 6.41. The van der Waals surface area contributed by atoms with Crippen molar-refractivity contribution in [2.45, 2.75) is 32.8 Å². The maximum Gasteiger partial charge on any atom is 0.0639 e. The molecule has 0 aliphatic carbocycles. The van der Waals surface area contributed by atoms with Crippen molar-refractivity contribution in [1.29, 1.82) is 0 Å². The van der Waals surface area contributed by atoms with Gasteiger partial charge in [-0.3, -0.25) is 4.90 Å². The van der Waals surface area contributed by atoms with E-state index in [4.69, 9.17) is 5.21 Å². The molecule has 1 aliphatic heterocycles. The average Bonchev–Trinajstić information content (AvgIpc) is 2.16. The van der Waals surface area contributed by atoms with E-state index >= 15 is 0 Å². The first-order valence-electron chi connectivity index (χ1n) is 5.28. The zero-order valence-electron chi connectivity index (χ0n) is 8.98. The molecule has 4 heteroatoms. The summed E-state index contributed by atoms with van der Waals surface area (Å²) in [5.74, 6) is 0.354. The Morgan fingerprint density at radius 3 is 2.86 bits per heavy atom. The van der Waals surface area contributed by atoms with Crippen molar-refractivity contribution in [2.24, 2.45) is 11.1 Å². The minimum Gasteiger partial charge on any atom is -0.411 e. The Labute approximate surface area is 85.2 Å². The first-order chi connectivity index (χ1) is 6.67. The smallest absolute Gasteiger partial charge is 0.0639 e. The second-order valence-electron chi connectivity index (χ2n) is 4.06. The molecule has 0 aromatic carbocycles. The number of hydrogen-bond donors (Lipinski definition) is 2. The van der Waals surface area contributed by atoms with Gasteiger partial charge in [0.1, 0.15) is 0 Å². The number of rotatable bonds is 3. The third-order valence-electron chi connectivity index (χ3n) is 2.78. The topological polar surface area (TPSA) is 56.1 Å². The van der Waals surface area contributed by atoms with Gasteiger partial charge in [-0.2, -0.15) is 0 Å². The number of likely N-dealkylation sites (tertiary alicyclic amines) is 1. The van der Waals surface area contributed by atoms with Gasteiger partial charge in [0, 0.05) is 32.0 Å². The van der Waals surface area contributed by atoms with Crippen LogP contribution < -0.4 is 0 Å². The molecule has 82 valence electrons. The first kappa shape index (κ1) is 11.5. The number of aliphatic hydroxyl groups is 1. The fourth-order valence-corrected chi connectivity index (χ4v) is 2.02. The fraction of sp³-hybridized carbons (Fsp3) is 0.900. The predicted octanol–water partition coefficient (Wildman–Crippen LogP) is 0.929. The van der Waals surface area contributed by atoms with Gasteiger partial charge in [-0.25, -0.2) is 0 Å². The summed E-state index contributed by atoms with van der Waals surface area (Å²) in [5, 5.41) is 21.4. The summed E-state index contributed by atoms with van der Waals surface area (Å²) in [7, 11) is 0. The number of oxime groups is 1. The van der Waals surface area contributed by atoms with Crippen molar-refractivity contribution >= 4 is 5.71 Å². The Morgan fingerprint density at radius 1 is 1.64 bits per heavy atom. The lowest BCUT2D eigenvalue weighted by Gasteiger charge is -2.33. The molecule has 1 rings (SSSR count). The average molecular weight is 200 g/mol. The van der Waals surface area contributed by atoms with E-state index < -0.39 is 0 Å². The van der Waals surface area contributed by atoms with Gasteiger partial charge in [0.2, 0.25) is 0 Å². The molecule has 0 saturated carbocycles. The molecule has 1 fully saturated rings. The largest absolute Gasteiger partial charge is 0.411 e. The third-order valence-corrected chi connectivity index (χ3v) is 2.78. The van der Waals surface area contributed by atoms with Crippen LogP contribution >= 0.6 is 0 Å². The van der Waals surface area contributed by atoms with Crippen molar-refractivity contribution < 1.29 is 10.3 Å². The van der Waals surface area contributed by atoms with Gasteiger partial charge in [0.25, 0.3) is 0 Å². The molecule has 14 heavy (non-hydrogen) atoms. The molecule has 4 nitrogen and oxygen atoms in total. The Hall–Kier alpha value is -0.610. The van der Waals surface area contributed by atoms with Crippen LogP contribution in [-0.2, 0) is 0 Å². The van der Waals surface area contributed by atoms with Crippen LogP contribution in [0.25, 0.3) is 0 Å². The van der Waals surface area contributed by atoms with E-state index in [1.54, 1.807) is 6.92 Å². The van der Waals surface area contributed by atoms with E-state index in [1.807, 2.05) is 0 Å². The molecule has 0 aromatic rings. The highest BCUT2D eigenvalue weighted by atomic mass is 16.4. The van der Waals surface area contributed by atoms with E-state index in [0.717, 1.165) is 38.2 Å². The van der Waals surface area contributed by atoms with Gasteiger partial charge in [-0.05, 0) is 13.3 Å². The molecule has 1 aliphatic rings. The van der Waals surface area contributed by atoms with Crippen molar-refractivity contribution in [3.8, 4) is 0 Å². The quantitative estimate of drug-likeness (QED) is 0.526.